The van der Waals surface area contributed by atoms with Crippen LogP contribution in [-0.2, 0) is 4.79 Å². The molecule has 0 bridgehead atoms. The van der Waals surface area contributed by atoms with E-state index in [0.29, 0.717) is 11.8 Å². The van der Waals surface area contributed by atoms with E-state index >= 15 is 0 Å². The molecule has 12 heavy (non-hydrogen) atoms. The first-order valence-electron chi connectivity index (χ1n) is 4.52. The van der Waals surface area contributed by atoms with E-state index in [1.165, 1.54) is 0 Å². The summed E-state index contributed by atoms with van der Waals surface area (Å²) in [7, 11) is 0. The average Bonchev–Trinajstić information content (AvgIpc) is 2.17. The monoisotopic (exact) mass is 164 g/mol. The summed E-state index contributed by atoms with van der Waals surface area (Å²) in [6, 6.07) is 0. The Labute approximate surface area is 74.2 Å². The first-order chi connectivity index (χ1) is 5.77. The second-order valence-corrected chi connectivity index (χ2v) is 3.55. The van der Waals surface area contributed by atoms with Crippen LogP contribution in [0.5, 0.6) is 0 Å². The van der Waals surface area contributed by atoms with Crippen LogP contribution in [0.15, 0.2) is 24.8 Å². The van der Waals surface area contributed by atoms with E-state index in [4.69, 9.17) is 0 Å². The quantitative estimate of drug-likeness (QED) is 0.463. The third-order valence-corrected chi connectivity index (χ3v) is 2.64. The highest BCUT2D eigenvalue weighted by molar-refractivity contribution is 5.54. The van der Waals surface area contributed by atoms with Crippen molar-refractivity contribution < 1.29 is 4.79 Å². The number of allylic oxidation sites excluding steroid dienone is 3. The Kier molecular flexibility index (Phi) is 3.27. The van der Waals surface area contributed by atoms with Gasteiger partial charge in [-0.2, -0.15) is 0 Å². The number of rotatable bonds is 3. The fourth-order valence-electron chi connectivity index (χ4n) is 1.63. The molecule has 0 fully saturated rings. The molecule has 0 saturated carbocycles. The highest BCUT2D eigenvalue weighted by Crippen LogP contribution is 2.28. The molecule has 1 aliphatic rings. The second kappa shape index (κ2) is 4.24. The second-order valence-electron chi connectivity index (χ2n) is 3.55. The molecule has 0 radical (unpaired) electrons. The number of carbonyl (C=O) groups excluding carboxylic acids is 1. The molecule has 0 N–H and O–H groups in total. The van der Waals surface area contributed by atoms with Gasteiger partial charge in [0.15, 0.2) is 0 Å². The van der Waals surface area contributed by atoms with Crippen LogP contribution in [0.3, 0.4) is 0 Å². The van der Waals surface area contributed by atoms with Gasteiger partial charge in [-0.3, -0.25) is 0 Å². The molecule has 0 aromatic heterocycles. The Hall–Kier alpha value is -0.850. The van der Waals surface area contributed by atoms with Gasteiger partial charge in [-0.05, 0) is 24.7 Å². The summed E-state index contributed by atoms with van der Waals surface area (Å²) in [4.78, 5) is 10.6. The van der Waals surface area contributed by atoms with Gasteiger partial charge >= 0.3 is 0 Å². The highest BCUT2D eigenvalue weighted by Gasteiger charge is 2.20. The summed E-state index contributed by atoms with van der Waals surface area (Å²) in [5, 5.41) is 0. The van der Waals surface area contributed by atoms with Crippen molar-refractivity contribution in [3.8, 4) is 0 Å². The maximum Gasteiger partial charge on any atom is 0.123 e. The van der Waals surface area contributed by atoms with Gasteiger partial charge in [0.1, 0.15) is 6.29 Å². The molecule has 0 amide bonds. The summed E-state index contributed by atoms with van der Waals surface area (Å²) in [5.41, 5.74) is 0. The van der Waals surface area contributed by atoms with Gasteiger partial charge in [0.2, 0.25) is 0 Å². The van der Waals surface area contributed by atoms with Crippen LogP contribution >= 0.6 is 0 Å². The molecule has 0 aliphatic heterocycles. The minimum Gasteiger partial charge on any atom is -0.303 e. The third kappa shape index (κ3) is 2.07. The lowest BCUT2D eigenvalue weighted by atomic mass is 9.81. The Morgan fingerprint density at radius 2 is 2.42 bits per heavy atom. The maximum atomic E-state index is 10.6. The van der Waals surface area contributed by atoms with Gasteiger partial charge in [-0.1, -0.05) is 25.2 Å². The van der Waals surface area contributed by atoms with Crippen LogP contribution in [0.25, 0.3) is 0 Å². The molecule has 0 aromatic carbocycles. The molecule has 0 heterocycles. The largest absolute Gasteiger partial charge is 0.303 e. The number of hydrogen-bond donors (Lipinski definition) is 0. The molecule has 0 spiro atoms. The van der Waals surface area contributed by atoms with Gasteiger partial charge in [-0.25, -0.2) is 0 Å². The van der Waals surface area contributed by atoms with Crippen LogP contribution < -0.4 is 0 Å². The standard InChI is InChI=1S/C11H16O/c1-3-9(2)11-6-4-5-10(7-11)8-12/h3-4,6,8-11H,1,5,7H2,2H3. The van der Waals surface area contributed by atoms with Crippen molar-refractivity contribution in [3.63, 3.8) is 0 Å². The molecule has 1 nitrogen and oxygen atoms in total. The van der Waals surface area contributed by atoms with Crippen LogP contribution in [0.2, 0.25) is 0 Å². The van der Waals surface area contributed by atoms with Crippen molar-refractivity contribution in [1.82, 2.24) is 0 Å². The van der Waals surface area contributed by atoms with Crippen molar-refractivity contribution in [3.05, 3.63) is 24.8 Å². The van der Waals surface area contributed by atoms with Gasteiger partial charge in [0.05, 0.1) is 0 Å². The summed E-state index contributed by atoms with van der Waals surface area (Å²) in [6.45, 7) is 5.91. The molecule has 0 saturated heterocycles. The lowest BCUT2D eigenvalue weighted by molar-refractivity contribution is -0.111. The van der Waals surface area contributed by atoms with E-state index < -0.39 is 0 Å². The molecule has 1 aliphatic carbocycles. The fourth-order valence-corrected chi connectivity index (χ4v) is 1.63. The Balaban J connectivity index is 2.56. The van der Waals surface area contributed by atoms with Crippen molar-refractivity contribution in [2.45, 2.75) is 19.8 Å². The van der Waals surface area contributed by atoms with E-state index in [-0.39, 0.29) is 5.92 Å². The smallest absolute Gasteiger partial charge is 0.123 e. The Bertz CT molecular complexity index is 193. The predicted octanol–water partition coefficient (Wildman–Crippen LogP) is 2.59. The Morgan fingerprint density at radius 3 is 3.00 bits per heavy atom. The molecule has 1 rings (SSSR count). The summed E-state index contributed by atoms with van der Waals surface area (Å²) < 4.78 is 0. The minimum atomic E-state index is 0.238. The zero-order valence-corrected chi connectivity index (χ0v) is 7.57. The van der Waals surface area contributed by atoms with Gasteiger partial charge in [-0.15, -0.1) is 6.58 Å². The average molecular weight is 164 g/mol. The van der Waals surface area contributed by atoms with Crippen LogP contribution in [0, 0.1) is 17.8 Å². The molecular formula is C11H16O. The lowest BCUT2D eigenvalue weighted by Crippen LogP contribution is -2.16. The van der Waals surface area contributed by atoms with E-state index in [0.717, 1.165) is 19.1 Å². The SMILES string of the molecule is C=CC(C)C1C=CCC(C=O)C1. The zero-order chi connectivity index (χ0) is 8.97. The maximum absolute atomic E-state index is 10.6. The van der Waals surface area contributed by atoms with Crippen molar-refractivity contribution in [1.29, 1.82) is 0 Å². The van der Waals surface area contributed by atoms with Crippen LogP contribution in [-0.4, -0.2) is 6.29 Å². The van der Waals surface area contributed by atoms with Gasteiger partial charge in [0.25, 0.3) is 0 Å². The molecular weight excluding hydrogens is 148 g/mol. The predicted molar refractivity (Wildman–Crippen MR) is 50.8 cm³/mol. The van der Waals surface area contributed by atoms with Crippen LogP contribution in [0.4, 0.5) is 0 Å². The summed E-state index contributed by atoms with van der Waals surface area (Å²) in [5.74, 6) is 1.25. The molecule has 3 atom stereocenters. The number of aldehydes is 1. The summed E-state index contributed by atoms with van der Waals surface area (Å²) >= 11 is 0. The molecule has 0 aromatic rings. The van der Waals surface area contributed by atoms with Crippen molar-refractivity contribution in [2.75, 3.05) is 0 Å². The summed E-state index contributed by atoms with van der Waals surface area (Å²) in [6.07, 6.45) is 9.28. The van der Waals surface area contributed by atoms with Crippen molar-refractivity contribution >= 4 is 6.29 Å². The highest BCUT2D eigenvalue weighted by atomic mass is 16.1. The van der Waals surface area contributed by atoms with Gasteiger partial charge in [0, 0.05) is 5.92 Å². The first-order valence-corrected chi connectivity index (χ1v) is 4.52. The number of carbonyl (C=O) groups is 1. The zero-order valence-electron chi connectivity index (χ0n) is 7.57. The fraction of sp³-hybridized carbons (Fsp3) is 0.545. The molecule has 3 unspecified atom stereocenters. The van der Waals surface area contributed by atoms with E-state index in [1.807, 2.05) is 6.08 Å². The first kappa shape index (κ1) is 9.24. The third-order valence-electron chi connectivity index (χ3n) is 2.64. The molecule has 1 heteroatoms. The van der Waals surface area contributed by atoms with E-state index in [1.54, 1.807) is 0 Å². The number of hydrogen-bond acceptors (Lipinski definition) is 1. The normalized spacial score (nSPS) is 31.1. The minimum absolute atomic E-state index is 0.238. The van der Waals surface area contributed by atoms with Crippen LogP contribution in [0.1, 0.15) is 19.8 Å². The van der Waals surface area contributed by atoms with E-state index in [2.05, 4.69) is 25.7 Å². The van der Waals surface area contributed by atoms with Gasteiger partial charge < -0.3 is 4.79 Å². The Morgan fingerprint density at radius 1 is 1.67 bits per heavy atom. The lowest BCUT2D eigenvalue weighted by Gasteiger charge is -2.24. The molecule has 66 valence electrons. The topological polar surface area (TPSA) is 17.1 Å². The van der Waals surface area contributed by atoms with Crippen molar-refractivity contribution in [2.24, 2.45) is 17.8 Å². The van der Waals surface area contributed by atoms with E-state index in [9.17, 15) is 4.79 Å².